The number of esters is 1. The zero-order valence-electron chi connectivity index (χ0n) is 18.3. The summed E-state index contributed by atoms with van der Waals surface area (Å²) in [4.78, 5) is 24.1. The molecule has 0 saturated carbocycles. The fourth-order valence-electron chi connectivity index (χ4n) is 3.04. The van der Waals surface area contributed by atoms with Crippen LogP contribution in [0.15, 0.2) is 61.2 Å². The summed E-state index contributed by atoms with van der Waals surface area (Å²) in [7, 11) is 1.24. The second-order valence-corrected chi connectivity index (χ2v) is 7.60. The molecule has 0 saturated heterocycles. The molecular weight excluding hydrogens is 504 g/mol. The highest BCUT2D eigenvalue weighted by Crippen LogP contribution is 2.31. The topological polar surface area (TPSA) is 94.8 Å². The van der Waals surface area contributed by atoms with Crippen molar-refractivity contribution in [1.29, 1.82) is 0 Å². The van der Waals surface area contributed by atoms with Crippen LogP contribution in [0, 0.1) is 5.82 Å². The van der Waals surface area contributed by atoms with Crippen LogP contribution in [0.5, 0.6) is 0 Å². The van der Waals surface area contributed by atoms with E-state index in [2.05, 4.69) is 30.1 Å². The van der Waals surface area contributed by atoms with Crippen molar-refractivity contribution in [1.82, 2.24) is 24.7 Å². The normalized spacial score (nSPS) is 11.6. The average Bonchev–Trinajstić information content (AvgIpc) is 3.36. The van der Waals surface area contributed by atoms with Gasteiger partial charge in [-0.05, 0) is 42.0 Å². The smallest absolute Gasteiger partial charge is 0.435 e. The molecule has 1 aromatic carbocycles. The van der Waals surface area contributed by atoms with Gasteiger partial charge in [0.1, 0.15) is 5.82 Å². The van der Waals surface area contributed by atoms with Gasteiger partial charge in [0.05, 0.1) is 12.1 Å². The molecule has 0 amide bonds. The number of halogens is 5. The minimum absolute atomic E-state index is 0.00446. The van der Waals surface area contributed by atoms with Gasteiger partial charge in [-0.25, -0.2) is 18.9 Å². The number of anilines is 2. The van der Waals surface area contributed by atoms with Gasteiger partial charge in [-0.15, -0.1) is 0 Å². The number of benzene rings is 1. The molecule has 36 heavy (non-hydrogen) atoms. The Hall–Kier alpha value is -4.32. The molecular formula is C23H15ClF4N6O2. The van der Waals surface area contributed by atoms with E-state index in [-0.39, 0.29) is 16.8 Å². The number of methoxy groups -OCH3 is 1. The minimum atomic E-state index is -4.66. The number of pyridine rings is 1. The van der Waals surface area contributed by atoms with Gasteiger partial charge >= 0.3 is 12.1 Å². The Morgan fingerprint density at radius 2 is 1.97 bits per heavy atom. The van der Waals surface area contributed by atoms with E-state index in [4.69, 9.17) is 11.6 Å². The van der Waals surface area contributed by atoms with Crippen molar-refractivity contribution in [3.05, 3.63) is 83.3 Å². The zero-order chi connectivity index (χ0) is 25.9. The zero-order valence-corrected chi connectivity index (χ0v) is 19.0. The van der Waals surface area contributed by atoms with Crippen LogP contribution in [0.2, 0.25) is 5.02 Å². The van der Waals surface area contributed by atoms with E-state index in [0.717, 1.165) is 23.0 Å². The Morgan fingerprint density at radius 1 is 1.17 bits per heavy atom. The summed E-state index contributed by atoms with van der Waals surface area (Å²) in [5.41, 5.74) is 0.504. The largest absolute Gasteiger partial charge is 0.466 e. The van der Waals surface area contributed by atoms with Gasteiger partial charge in [-0.2, -0.15) is 23.3 Å². The van der Waals surface area contributed by atoms with E-state index < -0.39 is 23.7 Å². The van der Waals surface area contributed by atoms with Gasteiger partial charge in [-0.1, -0.05) is 11.6 Å². The number of nitrogens with zero attached hydrogens (tertiary/aromatic N) is 5. The van der Waals surface area contributed by atoms with Crippen molar-refractivity contribution >= 4 is 35.3 Å². The monoisotopic (exact) mass is 518 g/mol. The molecule has 4 rings (SSSR count). The lowest BCUT2D eigenvalue weighted by Gasteiger charge is -2.12. The summed E-state index contributed by atoms with van der Waals surface area (Å²) < 4.78 is 58.6. The standard InChI is InChI=1S/C23H15ClF4N6O2/c1-36-20(35)5-2-13-8-14(11-29-10-13)16-12-30-22(31-15-3-4-18(25)17(24)9-15)32-21(16)34-7-6-19(33-34)23(26,27)28/h2-12H,1H3,(H,30,31,32). The van der Waals surface area contributed by atoms with E-state index in [1.807, 2.05) is 0 Å². The molecule has 184 valence electrons. The van der Waals surface area contributed by atoms with Crippen molar-refractivity contribution in [3.63, 3.8) is 0 Å². The predicted octanol–water partition coefficient (Wildman–Crippen LogP) is 5.47. The molecule has 0 spiro atoms. The van der Waals surface area contributed by atoms with Crippen molar-refractivity contribution in [2.75, 3.05) is 12.4 Å². The molecule has 0 fully saturated rings. The third kappa shape index (κ3) is 5.66. The lowest BCUT2D eigenvalue weighted by molar-refractivity contribution is -0.141. The summed E-state index contributed by atoms with van der Waals surface area (Å²) in [5, 5.41) is 6.31. The van der Waals surface area contributed by atoms with Crippen LogP contribution in [0.4, 0.5) is 29.2 Å². The van der Waals surface area contributed by atoms with Crippen LogP contribution < -0.4 is 5.32 Å². The molecule has 0 atom stereocenters. The molecule has 0 aliphatic heterocycles. The van der Waals surface area contributed by atoms with E-state index in [9.17, 15) is 22.4 Å². The molecule has 3 heterocycles. The van der Waals surface area contributed by atoms with Crippen LogP contribution in [-0.4, -0.2) is 37.8 Å². The molecule has 3 aromatic heterocycles. The number of alkyl halides is 3. The first-order chi connectivity index (χ1) is 17.1. The molecule has 0 unspecified atom stereocenters. The molecule has 13 heteroatoms. The maximum Gasteiger partial charge on any atom is 0.435 e. The highest BCUT2D eigenvalue weighted by molar-refractivity contribution is 6.31. The molecule has 8 nitrogen and oxygen atoms in total. The number of ether oxygens (including phenoxy) is 1. The highest BCUT2D eigenvalue weighted by atomic mass is 35.5. The third-order valence-corrected chi connectivity index (χ3v) is 5.01. The first kappa shape index (κ1) is 24.8. The molecule has 0 aliphatic rings. The summed E-state index contributed by atoms with van der Waals surface area (Å²) in [5.74, 6) is -1.19. The first-order valence-corrected chi connectivity index (χ1v) is 10.5. The number of hydrogen-bond donors (Lipinski definition) is 1. The lowest BCUT2D eigenvalue weighted by atomic mass is 10.1. The van der Waals surface area contributed by atoms with Crippen molar-refractivity contribution in [2.45, 2.75) is 6.18 Å². The van der Waals surface area contributed by atoms with Gasteiger partial charge in [0.15, 0.2) is 11.5 Å². The summed E-state index contributed by atoms with van der Waals surface area (Å²) in [6.45, 7) is 0. The third-order valence-electron chi connectivity index (χ3n) is 4.72. The fraction of sp³-hybridized carbons (Fsp3) is 0.0870. The molecule has 4 aromatic rings. The van der Waals surface area contributed by atoms with Crippen LogP contribution in [0.3, 0.4) is 0 Å². The summed E-state index contributed by atoms with van der Waals surface area (Å²) in [6.07, 6.45) is 3.42. The van der Waals surface area contributed by atoms with Gasteiger partial charge in [0, 0.05) is 47.7 Å². The van der Waals surface area contributed by atoms with Gasteiger partial charge in [-0.3, -0.25) is 4.98 Å². The summed E-state index contributed by atoms with van der Waals surface area (Å²) in [6, 6.07) is 6.30. The van der Waals surface area contributed by atoms with Crippen molar-refractivity contribution in [3.8, 4) is 16.9 Å². The predicted molar refractivity (Wildman–Crippen MR) is 123 cm³/mol. The second-order valence-electron chi connectivity index (χ2n) is 7.19. The second kappa shape index (κ2) is 10.1. The van der Waals surface area contributed by atoms with E-state index >= 15 is 0 Å². The van der Waals surface area contributed by atoms with Crippen molar-refractivity contribution < 1.29 is 27.1 Å². The molecule has 0 aliphatic carbocycles. The Bertz CT molecular complexity index is 1450. The molecule has 0 radical (unpaired) electrons. The highest BCUT2D eigenvalue weighted by Gasteiger charge is 2.34. The van der Waals surface area contributed by atoms with Gasteiger partial charge in [0.2, 0.25) is 5.95 Å². The number of rotatable bonds is 6. The van der Waals surface area contributed by atoms with E-state index in [1.165, 1.54) is 50.0 Å². The fourth-order valence-corrected chi connectivity index (χ4v) is 3.22. The van der Waals surface area contributed by atoms with Crippen LogP contribution in [0.25, 0.3) is 23.0 Å². The quantitative estimate of drug-likeness (QED) is 0.205. The number of aromatic nitrogens is 5. The van der Waals surface area contributed by atoms with Crippen LogP contribution >= 0.6 is 11.6 Å². The average molecular weight is 519 g/mol. The maximum atomic E-state index is 13.5. The lowest BCUT2D eigenvalue weighted by Crippen LogP contribution is -2.10. The first-order valence-electron chi connectivity index (χ1n) is 10.1. The Morgan fingerprint density at radius 3 is 2.67 bits per heavy atom. The number of nitrogens with one attached hydrogen (secondary N) is 1. The van der Waals surface area contributed by atoms with Gasteiger partial charge < -0.3 is 10.1 Å². The Balaban J connectivity index is 1.78. The van der Waals surface area contributed by atoms with E-state index in [1.54, 1.807) is 6.07 Å². The van der Waals surface area contributed by atoms with Gasteiger partial charge in [0.25, 0.3) is 0 Å². The minimum Gasteiger partial charge on any atom is -0.466 e. The Kier molecular flexibility index (Phi) is 6.97. The van der Waals surface area contributed by atoms with Crippen LogP contribution in [-0.2, 0) is 15.7 Å². The number of carbonyl (C=O) groups excluding carboxylic acids is 1. The molecule has 1 N–H and O–H groups in total. The number of carbonyl (C=O) groups is 1. The molecule has 0 bridgehead atoms. The van der Waals surface area contributed by atoms with E-state index in [0.29, 0.717) is 22.4 Å². The number of hydrogen-bond acceptors (Lipinski definition) is 7. The summed E-state index contributed by atoms with van der Waals surface area (Å²) >= 11 is 5.81. The Labute approximate surface area is 206 Å². The SMILES string of the molecule is COC(=O)C=Cc1cncc(-c2cnc(Nc3ccc(F)c(Cl)c3)nc2-n2ccc(C(F)(F)F)n2)c1. The maximum absolute atomic E-state index is 13.5. The van der Waals surface area contributed by atoms with Crippen molar-refractivity contribution in [2.24, 2.45) is 0 Å². The van der Waals surface area contributed by atoms with Crippen LogP contribution in [0.1, 0.15) is 11.3 Å².